The number of nitrogens with zero attached hydrogens (tertiary/aromatic N) is 1. The van der Waals surface area contributed by atoms with Crippen molar-refractivity contribution in [2.75, 3.05) is 4.90 Å². The van der Waals surface area contributed by atoms with Gasteiger partial charge in [0.15, 0.2) is 0 Å². The Morgan fingerprint density at radius 2 is 1.60 bits per heavy atom. The molecule has 4 aliphatic rings. The Bertz CT molecular complexity index is 1900. The molecule has 11 heteroatoms. The number of carbonyl (C=O) groups is 2. The molecule has 2 saturated carbocycles. The molecule has 2 amide bonds. The quantitative estimate of drug-likeness (QED) is 0.236. The number of amides is 2. The number of hydrogen-bond acceptors (Lipinski definition) is 6. The number of imide groups is 1. The summed E-state index contributed by atoms with van der Waals surface area (Å²) in [7, 11) is 0. The van der Waals surface area contributed by atoms with Crippen LogP contribution in [0.5, 0.6) is 5.75 Å². The summed E-state index contributed by atoms with van der Waals surface area (Å²) in [6, 6.07) is 20.6. The van der Waals surface area contributed by atoms with Crippen LogP contribution in [-0.4, -0.2) is 22.0 Å². The molecule has 2 bridgehead atoms. The number of halogens is 3. The number of aromatic amines is 1. The minimum atomic E-state index is -4.71. The monoisotopic (exact) mass is 648 g/mol. The third kappa shape index (κ3) is 4.41. The van der Waals surface area contributed by atoms with E-state index in [1.807, 2.05) is 55.5 Å². The molecule has 7 atom stereocenters. The molecule has 2 aliphatic carbocycles. The highest BCUT2D eigenvalue weighted by Gasteiger charge is 2.70. The first kappa shape index (κ1) is 28.6. The van der Waals surface area contributed by atoms with Gasteiger partial charge in [0.25, 0.3) is 0 Å². The van der Waals surface area contributed by atoms with Crippen LogP contribution in [0.2, 0.25) is 0 Å². The van der Waals surface area contributed by atoms with Gasteiger partial charge in [0.05, 0.1) is 28.1 Å². The van der Waals surface area contributed by atoms with Gasteiger partial charge in [-0.05, 0) is 72.1 Å². The molecule has 2 aliphatic heterocycles. The van der Waals surface area contributed by atoms with Gasteiger partial charge in [0, 0.05) is 16.0 Å². The van der Waals surface area contributed by atoms with E-state index in [-0.39, 0.29) is 33.8 Å². The number of para-hydroxylation sites is 1. The number of fused-ring (bicyclic) bond motifs is 9. The lowest BCUT2D eigenvalue weighted by Crippen LogP contribution is -2.42. The Morgan fingerprint density at radius 1 is 0.911 bits per heavy atom. The molecule has 1 aromatic heterocycles. The molecule has 3 fully saturated rings. The zero-order valence-corrected chi connectivity index (χ0v) is 25.5. The Kier molecular flexibility index (Phi) is 6.58. The number of thiazole rings is 1. The van der Waals surface area contributed by atoms with E-state index >= 15 is 0 Å². The number of alkyl halides is 3. The fourth-order valence-electron chi connectivity index (χ4n) is 8.24. The van der Waals surface area contributed by atoms with E-state index in [2.05, 4.69) is 4.98 Å². The van der Waals surface area contributed by atoms with Gasteiger partial charge < -0.3 is 9.72 Å². The third-order valence-electron chi connectivity index (χ3n) is 10.1. The lowest BCUT2D eigenvalue weighted by molar-refractivity contribution is -0.137. The van der Waals surface area contributed by atoms with E-state index in [0.717, 1.165) is 48.9 Å². The SMILES string of the molecule is Cc1ccccc1COc1ccc([C@@H]2c3sc(=O)[nH]c3S[C@@H]3[C@@H]4C[C@@H]([C@@H]5C(=O)N(c6ccccc6C(F)(F)F)C(=O)[C@@H]45)[C@@H]23)cc1. The molecule has 230 valence electrons. The number of thioether (sulfide) groups is 1. The van der Waals surface area contributed by atoms with Gasteiger partial charge >= 0.3 is 11.0 Å². The maximum Gasteiger partial charge on any atom is 0.418 e. The average Bonchev–Trinajstić information content (AvgIpc) is 3.75. The Balaban J connectivity index is 1.13. The molecule has 8 rings (SSSR count). The van der Waals surface area contributed by atoms with Crippen molar-refractivity contribution in [1.29, 1.82) is 0 Å². The summed E-state index contributed by atoms with van der Waals surface area (Å²) in [6.07, 6.45) is -4.06. The largest absolute Gasteiger partial charge is 0.489 e. The van der Waals surface area contributed by atoms with Crippen molar-refractivity contribution in [2.45, 2.75) is 42.3 Å². The Labute approximate surface area is 264 Å². The maximum absolute atomic E-state index is 14.0. The fraction of sp³-hybridized carbons (Fsp3) is 0.324. The molecule has 1 saturated heterocycles. The number of aryl methyl sites for hydroxylation is 1. The number of hydrogen-bond donors (Lipinski definition) is 1. The number of anilines is 1. The average molecular weight is 649 g/mol. The maximum atomic E-state index is 14.0. The second kappa shape index (κ2) is 10.3. The number of aromatic nitrogens is 1. The first-order chi connectivity index (χ1) is 21.6. The van der Waals surface area contributed by atoms with E-state index in [4.69, 9.17) is 4.74 Å². The van der Waals surface area contributed by atoms with Crippen LogP contribution in [-0.2, 0) is 22.4 Å². The normalized spacial score (nSPS) is 28.3. The minimum Gasteiger partial charge on any atom is -0.489 e. The molecular formula is C34H27F3N2O4S2. The molecule has 0 spiro atoms. The van der Waals surface area contributed by atoms with Crippen molar-refractivity contribution in [1.82, 2.24) is 4.98 Å². The van der Waals surface area contributed by atoms with Crippen molar-refractivity contribution < 1.29 is 27.5 Å². The van der Waals surface area contributed by atoms with E-state index in [1.54, 1.807) is 11.8 Å². The van der Waals surface area contributed by atoms with Crippen LogP contribution >= 0.6 is 23.1 Å². The lowest BCUT2D eigenvalue weighted by Gasteiger charge is -2.43. The molecule has 0 unspecified atom stereocenters. The number of ether oxygens (including phenoxy) is 1. The van der Waals surface area contributed by atoms with Gasteiger partial charge in [-0.2, -0.15) is 13.2 Å². The standard InChI is InChI=1S/C34H27F3N2O4S2/c1-16-6-2-3-7-18(16)15-43-19-12-10-17(11-13-19)24-25-20-14-21(28(25)44-30-29(24)45-33(42)38-30)27-26(20)31(40)39(32(27)41)23-9-5-4-8-22(23)34(35,36)37/h2-13,20-21,24-28H,14-15H2,1H3,(H,38,42)/t20-,21-,24+,25+,26+,27+,28-/m1/s1. The molecule has 3 heterocycles. The topological polar surface area (TPSA) is 79.5 Å². The molecule has 6 nitrogen and oxygen atoms in total. The van der Waals surface area contributed by atoms with Crippen LogP contribution in [0.3, 0.4) is 0 Å². The summed E-state index contributed by atoms with van der Waals surface area (Å²) < 4.78 is 47.9. The number of rotatable bonds is 5. The minimum absolute atomic E-state index is 0.0616. The zero-order chi connectivity index (χ0) is 31.2. The molecule has 3 aromatic carbocycles. The van der Waals surface area contributed by atoms with Crippen LogP contribution in [0.25, 0.3) is 0 Å². The van der Waals surface area contributed by atoms with E-state index in [1.165, 1.54) is 18.2 Å². The highest BCUT2D eigenvalue weighted by Crippen LogP contribution is 2.68. The molecule has 4 aromatic rings. The van der Waals surface area contributed by atoms with Crippen LogP contribution in [0, 0.1) is 36.5 Å². The third-order valence-corrected chi connectivity index (χ3v) is 12.7. The van der Waals surface area contributed by atoms with Crippen LogP contribution in [0.1, 0.15) is 39.5 Å². The Hall–Kier alpha value is -3.83. The number of carbonyl (C=O) groups excluding carboxylic acids is 2. The lowest BCUT2D eigenvalue weighted by atomic mass is 9.68. The molecular weight excluding hydrogens is 622 g/mol. The number of H-pyrrole nitrogens is 1. The van der Waals surface area contributed by atoms with Gasteiger partial charge in [0.1, 0.15) is 12.4 Å². The summed E-state index contributed by atoms with van der Waals surface area (Å²) in [5, 5.41) is 0.710. The predicted octanol–water partition coefficient (Wildman–Crippen LogP) is 7.02. The summed E-state index contributed by atoms with van der Waals surface area (Å²) >= 11 is 2.71. The van der Waals surface area contributed by atoms with Crippen LogP contribution in [0.15, 0.2) is 82.6 Å². The van der Waals surface area contributed by atoms with E-state index in [0.29, 0.717) is 18.8 Å². The molecule has 0 radical (unpaired) electrons. The van der Waals surface area contributed by atoms with Crippen molar-refractivity contribution in [3.8, 4) is 5.75 Å². The van der Waals surface area contributed by atoms with Crippen molar-refractivity contribution >= 4 is 40.6 Å². The van der Waals surface area contributed by atoms with Gasteiger partial charge in [-0.15, -0.1) is 11.8 Å². The fourth-order valence-corrected chi connectivity index (χ4v) is 11.1. The van der Waals surface area contributed by atoms with Crippen molar-refractivity contribution in [3.05, 3.63) is 110 Å². The first-order valence-electron chi connectivity index (χ1n) is 14.8. The highest BCUT2D eigenvalue weighted by atomic mass is 32.2. The van der Waals surface area contributed by atoms with E-state index < -0.39 is 41.1 Å². The smallest absolute Gasteiger partial charge is 0.418 e. The predicted molar refractivity (Wildman–Crippen MR) is 164 cm³/mol. The van der Waals surface area contributed by atoms with Gasteiger partial charge in [-0.25, -0.2) is 4.90 Å². The highest BCUT2D eigenvalue weighted by molar-refractivity contribution is 8.00. The zero-order valence-electron chi connectivity index (χ0n) is 23.9. The second-order valence-corrected chi connectivity index (χ2v) is 14.5. The summed E-state index contributed by atoms with van der Waals surface area (Å²) in [5.41, 5.74) is 1.82. The number of benzene rings is 3. The molecule has 1 N–H and O–H groups in total. The first-order valence-corrected chi connectivity index (χ1v) is 16.5. The van der Waals surface area contributed by atoms with E-state index in [9.17, 15) is 27.6 Å². The number of nitrogens with one attached hydrogen (secondary N) is 1. The Morgan fingerprint density at radius 3 is 2.33 bits per heavy atom. The van der Waals surface area contributed by atoms with Crippen molar-refractivity contribution in [2.24, 2.45) is 29.6 Å². The van der Waals surface area contributed by atoms with Crippen molar-refractivity contribution in [3.63, 3.8) is 0 Å². The van der Waals surface area contributed by atoms with Gasteiger partial charge in [-0.3, -0.25) is 14.4 Å². The van der Waals surface area contributed by atoms with Crippen LogP contribution in [0.4, 0.5) is 18.9 Å². The summed E-state index contributed by atoms with van der Waals surface area (Å²) in [4.78, 5) is 44.9. The summed E-state index contributed by atoms with van der Waals surface area (Å²) in [5.74, 6) is -2.42. The molecule has 45 heavy (non-hydrogen) atoms. The van der Waals surface area contributed by atoms with Crippen LogP contribution < -0.4 is 14.5 Å². The van der Waals surface area contributed by atoms with Gasteiger partial charge in [0.2, 0.25) is 11.8 Å². The second-order valence-electron chi connectivity index (χ2n) is 12.3. The van der Waals surface area contributed by atoms with Gasteiger partial charge in [-0.1, -0.05) is 59.9 Å². The summed E-state index contributed by atoms with van der Waals surface area (Å²) in [6.45, 7) is 2.47.